The number of benzene rings is 1. The minimum atomic E-state index is -0.822. The van der Waals surface area contributed by atoms with Crippen LogP contribution in [0.15, 0.2) is 18.2 Å². The fourth-order valence-electron chi connectivity index (χ4n) is 2.07. The van der Waals surface area contributed by atoms with Crippen molar-refractivity contribution in [1.82, 2.24) is 0 Å². The van der Waals surface area contributed by atoms with Crippen LogP contribution in [0.25, 0.3) is 0 Å². The van der Waals surface area contributed by atoms with E-state index in [4.69, 9.17) is 0 Å². The fourth-order valence-corrected chi connectivity index (χ4v) is 2.07. The predicted molar refractivity (Wildman–Crippen MR) is 60.1 cm³/mol. The molecule has 0 heterocycles. The van der Waals surface area contributed by atoms with Gasteiger partial charge in [0.2, 0.25) is 0 Å². The van der Waals surface area contributed by atoms with Gasteiger partial charge in [-0.05, 0) is 42.9 Å². The number of hydrogen-bond acceptors (Lipinski definition) is 1. The van der Waals surface area contributed by atoms with Crippen molar-refractivity contribution in [3.63, 3.8) is 0 Å². The molecule has 1 rings (SSSR count). The third-order valence-electron chi connectivity index (χ3n) is 2.51. The van der Waals surface area contributed by atoms with Crippen LogP contribution in [-0.4, -0.2) is 11.2 Å². The van der Waals surface area contributed by atoms with Crippen molar-refractivity contribution in [2.24, 2.45) is 5.41 Å². The highest BCUT2D eigenvalue weighted by Crippen LogP contribution is 2.27. The number of halogens is 2. The second-order valence-corrected chi connectivity index (χ2v) is 5.14. The van der Waals surface area contributed by atoms with E-state index in [9.17, 15) is 13.9 Å². The molecule has 0 aromatic heterocycles. The standard InChI is InChI=1S/C13H18F2O/c1-9(16)7-13(2,3)8-10-4-5-11(14)12(15)6-10/h4-6,9,16H,7-8H2,1-3H3. The lowest BCUT2D eigenvalue weighted by Gasteiger charge is -2.26. The Balaban J connectivity index is 2.76. The Hall–Kier alpha value is -0.960. The zero-order chi connectivity index (χ0) is 12.3. The first kappa shape index (κ1) is 13.1. The third kappa shape index (κ3) is 3.89. The Bertz CT molecular complexity index is 359. The van der Waals surface area contributed by atoms with E-state index < -0.39 is 11.6 Å². The lowest BCUT2D eigenvalue weighted by atomic mass is 9.81. The smallest absolute Gasteiger partial charge is 0.159 e. The Morgan fingerprint density at radius 3 is 2.38 bits per heavy atom. The van der Waals surface area contributed by atoms with Crippen LogP contribution < -0.4 is 0 Å². The van der Waals surface area contributed by atoms with Crippen LogP contribution in [0.3, 0.4) is 0 Å². The molecule has 1 nitrogen and oxygen atoms in total. The molecule has 0 aliphatic rings. The maximum atomic E-state index is 13.0. The summed E-state index contributed by atoms with van der Waals surface area (Å²) in [6.45, 7) is 5.73. The zero-order valence-electron chi connectivity index (χ0n) is 9.93. The molecule has 0 spiro atoms. The summed E-state index contributed by atoms with van der Waals surface area (Å²) in [6.07, 6.45) is 0.862. The van der Waals surface area contributed by atoms with E-state index in [1.54, 1.807) is 13.0 Å². The highest BCUT2D eigenvalue weighted by Gasteiger charge is 2.21. The topological polar surface area (TPSA) is 20.2 Å². The van der Waals surface area contributed by atoms with Gasteiger partial charge in [0, 0.05) is 0 Å². The summed E-state index contributed by atoms with van der Waals surface area (Å²) < 4.78 is 25.7. The van der Waals surface area contributed by atoms with Crippen molar-refractivity contribution in [2.75, 3.05) is 0 Å². The third-order valence-corrected chi connectivity index (χ3v) is 2.51. The largest absolute Gasteiger partial charge is 0.393 e. The first-order chi connectivity index (χ1) is 7.30. The fraction of sp³-hybridized carbons (Fsp3) is 0.538. The zero-order valence-corrected chi connectivity index (χ0v) is 9.93. The van der Waals surface area contributed by atoms with E-state index in [2.05, 4.69) is 0 Å². The molecule has 90 valence electrons. The molecule has 0 radical (unpaired) electrons. The van der Waals surface area contributed by atoms with Crippen LogP contribution in [0, 0.1) is 17.0 Å². The Morgan fingerprint density at radius 2 is 1.88 bits per heavy atom. The van der Waals surface area contributed by atoms with Gasteiger partial charge < -0.3 is 5.11 Å². The van der Waals surface area contributed by atoms with E-state index >= 15 is 0 Å². The van der Waals surface area contributed by atoms with Crippen molar-refractivity contribution in [1.29, 1.82) is 0 Å². The summed E-state index contributed by atoms with van der Waals surface area (Å²) in [7, 11) is 0. The summed E-state index contributed by atoms with van der Waals surface area (Å²) in [6, 6.07) is 3.95. The maximum Gasteiger partial charge on any atom is 0.159 e. The molecule has 1 aromatic carbocycles. The quantitative estimate of drug-likeness (QED) is 0.838. The lowest BCUT2D eigenvalue weighted by molar-refractivity contribution is 0.129. The molecule has 1 N–H and O–H groups in total. The number of hydrogen-bond donors (Lipinski definition) is 1. The summed E-state index contributed by atoms with van der Waals surface area (Å²) in [5, 5.41) is 9.33. The van der Waals surface area contributed by atoms with Crippen LogP contribution in [0.4, 0.5) is 8.78 Å². The van der Waals surface area contributed by atoms with E-state index in [0.717, 1.165) is 11.6 Å². The van der Waals surface area contributed by atoms with Gasteiger partial charge >= 0.3 is 0 Å². The monoisotopic (exact) mass is 228 g/mol. The first-order valence-electron chi connectivity index (χ1n) is 5.42. The molecule has 0 saturated carbocycles. The van der Waals surface area contributed by atoms with Gasteiger partial charge in [0.05, 0.1) is 6.10 Å². The first-order valence-corrected chi connectivity index (χ1v) is 5.42. The minimum absolute atomic E-state index is 0.127. The van der Waals surface area contributed by atoms with E-state index in [1.165, 1.54) is 6.07 Å². The Kier molecular flexibility index (Phi) is 4.03. The summed E-state index contributed by atoms with van der Waals surface area (Å²) >= 11 is 0. The van der Waals surface area contributed by atoms with Crippen LogP contribution in [-0.2, 0) is 6.42 Å². The molecule has 0 fully saturated rings. The van der Waals surface area contributed by atoms with Crippen molar-refractivity contribution in [3.05, 3.63) is 35.4 Å². The van der Waals surface area contributed by atoms with Gasteiger partial charge in [-0.15, -0.1) is 0 Å². The summed E-state index contributed by atoms with van der Waals surface area (Å²) in [5.41, 5.74) is 0.628. The molecule has 0 amide bonds. The van der Waals surface area contributed by atoms with E-state index in [1.807, 2.05) is 13.8 Å². The summed E-state index contributed by atoms with van der Waals surface area (Å²) in [5.74, 6) is -1.64. The maximum absolute atomic E-state index is 13.0. The molecule has 1 aromatic rings. The molecule has 0 aliphatic heterocycles. The molecular weight excluding hydrogens is 210 g/mol. The number of aliphatic hydroxyl groups excluding tert-OH is 1. The average Bonchev–Trinajstić information content (AvgIpc) is 2.08. The van der Waals surface area contributed by atoms with Gasteiger partial charge in [0.15, 0.2) is 11.6 Å². The molecular formula is C13H18F2O. The van der Waals surface area contributed by atoms with Crippen molar-refractivity contribution < 1.29 is 13.9 Å². The Labute approximate surface area is 95.1 Å². The Morgan fingerprint density at radius 1 is 1.25 bits per heavy atom. The van der Waals surface area contributed by atoms with Crippen LogP contribution >= 0.6 is 0 Å². The average molecular weight is 228 g/mol. The van der Waals surface area contributed by atoms with Gasteiger partial charge in [0.25, 0.3) is 0 Å². The van der Waals surface area contributed by atoms with Crippen LogP contribution in [0.2, 0.25) is 0 Å². The molecule has 1 unspecified atom stereocenters. The van der Waals surface area contributed by atoms with E-state index in [0.29, 0.717) is 12.8 Å². The molecule has 0 saturated heterocycles. The number of aliphatic hydroxyl groups is 1. The predicted octanol–water partition coefficient (Wildman–Crippen LogP) is 3.30. The van der Waals surface area contributed by atoms with Gasteiger partial charge in [-0.25, -0.2) is 8.78 Å². The van der Waals surface area contributed by atoms with Gasteiger partial charge in [-0.2, -0.15) is 0 Å². The van der Waals surface area contributed by atoms with Crippen LogP contribution in [0.1, 0.15) is 32.8 Å². The van der Waals surface area contributed by atoms with Crippen molar-refractivity contribution in [3.8, 4) is 0 Å². The molecule has 1 atom stereocenters. The molecule has 16 heavy (non-hydrogen) atoms. The molecule has 3 heteroatoms. The minimum Gasteiger partial charge on any atom is -0.393 e. The normalized spacial score (nSPS) is 13.9. The van der Waals surface area contributed by atoms with Crippen molar-refractivity contribution >= 4 is 0 Å². The van der Waals surface area contributed by atoms with Gasteiger partial charge in [0.1, 0.15) is 0 Å². The van der Waals surface area contributed by atoms with E-state index in [-0.39, 0.29) is 11.5 Å². The second-order valence-electron chi connectivity index (χ2n) is 5.14. The number of rotatable bonds is 4. The second kappa shape index (κ2) is 4.91. The molecule has 0 aliphatic carbocycles. The highest BCUT2D eigenvalue weighted by atomic mass is 19.2. The molecule has 0 bridgehead atoms. The lowest BCUT2D eigenvalue weighted by Crippen LogP contribution is -2.21. The summed E-state index contributed by atoms with van der Waals surface area (Å²) in [4.78, 5) is 0. The van der Waals surface area contributed by atoms with Gasteiger partial charge in [-0.3, -0.25) is 0 Å². The van der Waals surface area contributed by atoms with Gasteiger partial charge in [-0.1, -0.05) is 19.9 Å². The highest BCUT2D eigenvalue weighted by molar-refractivity contribution is 5.19. The van der Waals surface area contributed by atoms with Crippen molar-refractivity contribution in [2.45, 2.75) is 39.7 Å². The SMILES string of the molecule is CC(O)CC(C)(C)Cc1ccc(F)c(F)c1. The van der Waals surface area contributed by atoms with Crippen LogP contribution in [0.5, 0.6) is 0 Å².